The summed E-state index contributed by atoms with van der Waals surface area (Å²) in [5.74, 6) is -0.796. The van der Waals surface area contributed by atoms with Crippen LogP contribution in [0.1, 0.15) is 26.4 Å². The number of nitrogens with zero attached hydrogens (tertiary/aromatic N) is 2. The SMILES string of the molecule is COC(=O)c1cc(Br)cc(C(=O)c2ccc(N(C)c3ccc(Cl)cc3)cn2)c1. The topological polar surface area (TPSA) is 59.5 Å². The number of hydrogen-bond donors (Lipinski definition) is 0. The monoisotopic (exact) mass is 458 g/mol. The van der Waals surface area contributed by atoms with Crippen LogP contribution < -0.4 is 4.90 Å². The van der Waals surface area contributed by atoms with Crippen molar-refractivity contribution in [2.75, 3.05) is 19.1 Å². The van der Waals surface area contributed by atoms with Crippen molar-refractivity contribution < 1.29 is 14.3 Å². The van der Waals surface area contributed by atoms with Crippen LogP contribution in [0.25, 0.3) is 0 Å². The molecule has 7 heteroatoms. The van der Waals surface area contributed by atoms with Crippen LogP contribution in [0, 0.1) is 0 Å². The first-order valence-electron chi connectivity index (χ1n) is 8.28. The number of benzene rings is 2. The van der Waals surface area contributed by atoms with E-state index >= 15 is 0 Å². The first-order valence-corrected chi connectivity index (χ1v) is 9.45. The van der Waals surface area contributed by atoms with Crippen LogP contribution in [-0.4, -0.2) is 30.9 Å². The fourth-order valence-corrected chi connectivity index (χ4v) is 3.26. The summed E-state index contributed by atoms with van der Waals surface area (Å²) < 4.78 is 5.33. The lowest BCUT2D eigenvalue weighted by molar-refractivity contribution is 0.0600. The van der Waals surface area contributed by atoms with Gasteiger partial charge in [0.15, 0.2) is 0 Å². The van der Waals surface area contributed by atoms with Crippen molar-refractivity contribution in [3.63, 3.8) is 0 Å². The van der Waals surface area contributed by atoms with E-state index in [2.05, 4.69) is 20.9 Å². The highest BCUT2D eigenvalue weighted by molar-refractivity contribution is 9.10. The summed E-state index contributed by atoms with van der Waals surface area (Å²) in [4.78, 5) is 30.8. The number of pyridine rings is 1. The standard InChI is InChI=1S/C21H16BrClN2O3/c1-25(17-5-3-16(23)4-6-17)18-7-8-19(24-12-18)20(26)13-9-14(21(27)28-2)11-15(22)10-13/h3-12H,1-2H3. The lowest BCUT2D eigenvalue weighted by Crippen LogP contribution is -2.11. The van der Waals surface area contributed by atoms with Crippen LogP contribution >= 0.6 is 27.5 Å². The molecule has 0 aliphatic carbocycles. The molecule has 3 rings (SSSR count). The smallest absolute Gasteiger partial charge is 0.337 e. The highest BCUT2D eigenvalue weighted by Gasteiger charge is 2.16. The van der Waals surface area contributed by atoms with E-state index in [0.717, 1.165) is 11.4 Å². The highest BCUT2D eigenvalue weighted by atomic mass is 79.9. The van der Waals surface area contributed by atoms with Gasteiger partial charge in [-0.25, -0.2) is 4.79 Å². The van der Waals surface area contributed by atoms with E-state index in [9.17, 15) is 9.59 Å². The lowest BCUT2D eigenvalue weighted by Gasteiger charge is -2.19. The van der Waals surface area contributed by atoms with E-state index in [1.165, 1.54) is 13.2 Å². The maximum atomic E-state index is 12.8. The lowest BCUT2D eigenvalue weighted by atomic mass is 10.0. The van der Waals surface area contributed by atoms with Gasteiger partial charge >= 0.3 is 5.97 Å². The molecule has 142 valence electrons. The van der Waals surface area contributed by atoms with Crippen LogP contribution in [0.4, 0.5) is 11.4 Å². The van der Waals surface area contributed by atoms with E-state index in [1.807, 2.05) is 42.3 Å². The number of anilines is 2. The molecule has 1 aromatic heterocycles. The molecule has 28 heavy (non-hydrogen) atoms. The number of rotatable bonds is 5. The number of hydrogen-bond acceptors (Lipinski definition) is 5. The minimum atomic E-state index is -0.511. The predicted octanol–water partition coefficient (Wildman–Crippen LogP) is 5.28. The molecule has 2 aromatic carbocycles. The second-order valence-corrected chi connectivity index (χ2v) is 7.34. The Morgan fingerprint density at radius 2 is 1.64 bits per heavy atom. The van der Waals surface area contributed by atoms with Gasteiger partial charge in [-0.05, 0) is 54.6 Å². The van der Waals surface area contributed by atoms with Gasteiger partial charge in [-0.15, -0.1) is 0 Å². The number of ketones is 1. The maximum absolute atomic E-state index is 12.8. The quantitative estimate of drug-likeness (QED) is 0.384. The molecule has 5 nitrogen and oxygen atoms in total. The normalized spacial score (nSPS) is 10.4. The minimum absolute atomic E-state index is 0.280. The highest BCUT2D eigenvalue weighted by Crippen LogP contribution is 2.25. The van der Waals surface area contributed by atoms with Crippen molar-refractivity contribution in [1.29, 1.82) is 0 Å². The van der Waals surface area contributed by atoms with Crippen LogP contribution in [0.15, 0.2) is 65.3 Å². The molecule has 0 spiro atoms. The Labute approximate surface area is 176 Å². The van der Waals surface area contributed by atoms with Gasteiger partial charge in [0.25, 0.3) is 0 Å². The number of carbonyl (C=O) groups excluding carboxylic acids is 2. The maximum Gasteiger partial charge on any atom is 0.337 e. The second kappa shape index (κ2) is 8.54. The number of halogens is 2. The van der Waals surface area contributed by atoms with E-state index in [1.54, 1.807) is 24.4 Å². The second-order valence-electron chi connectivity index (χ2n) is 5.99. The van der Waals surface area contributed by atoms with Crippen molar-refractivity contribution in [2.24, 2.45) is 0 Å². The molecule has 0 saturated heterocycles. The summed E-state index contributed by atoms with van der Waals surface area (Å²) in [5, 5.41) is 0.663. The van der Waals surface area contributed by atoms with Gasteiger partial charge in [-0.2, -0.15) is 0 Å². The van der Waals surface area contributed by atoms with E-state index in [4.69, 9.17) is 16.3 Å². The van der Waals surface area contributed by atoms with Gasteiger partial charge in [0.2, 0.25) is 5.78 Å². The fourth-order valence-electron chi connectivity index (χ4n) is 2.64. The molecule has 3 aromatic rings. The summed E-state index contributed by atoms with van der Waals surface area (Å²) in [6, 6.07) is 15.6. The number of methoxy groups -OCH3 is 1. The van der Waals surface area contributed by atoms with E-state index in [-0.39, 0.29) is 11.5 Å². The summed E-state index contributed by atoms with van der Waals surface area (Å²) >= 11 is 9.24. The van der Waals surface area contributed by atoms with E-state index < -0.39 is 5.97 Å². The summed E-state index contributed by atoms with van der Waals surface area (Å²) in [6.45, 7) is 0. The van der Waals surface area contributed by atoms with Gasteiger partial charge in [0, 0.05) is 27.8 Å². The van der Waals surface area contributed by atoms with Crippen molar-refractivity contribution in [3.8, 4) is 0 Å². The summed E-state index contributed by atoms with van der Waals surface area (Å²) in [5.41, 5.74) is 2.69. The Morgan fingerprint density at radius 3 is 2.25 bits per heavy atom. The zero-order chi connectivity index (χ0) is 20.3. The Bertz CT molecular complexity index is 1020. The molecular weight excluding hydrogens is 444 g/mol. The Morgan fingerprint density at radius 1 is 1.00 bits per heavy atom. The Balaban J connectivity index is 1.85. The molecule has 0 N–H and O–H groups in total. The third-order valence-electron chi connectivity index (χ3n) is 4.16. The van der Waals surface area contributed by atoms with Crippen molar-refractivity contribution in [3.05, 3.63) is 87.1 Å². The predicted molar refractivity (Wildman–Crippen MR) is 113 cm³/mol. The van der Waals surface area contributed by atoms with Gasteiger partial charge in [-0.1, -0.05) is 27.5 Å². The van der Waals surface area contributed by atoms with Crippen LogP contribution in [-0.2, 0) is 4.74 Å². The summed E-state index contributed by atoms with van der Waals surface area (Å²) in [6.07, 6.45) is 1.63. The third kappa shape index (κ3) is 4.40. The molecule has 0 bridgehead atoms. The van der Waals surface area contributed by atoms with Crippen molar-refractivity contribution in [2.45, 2.75) is 0 Å². The van der Waals surface area contributed by atoms with Gasteiger partial charge in [0.05, 0.1) is 24.6 Å². The molecule has 0 aliphatic rings. The molecule has 0 unspecified atom stereocenters. The fraction of sp³-hybridized carbons (Fsp3) is 0.0952. The number of esters is 1. The van der Waals surface area contributed by atoms with Crippen LogP contribution in [0.3, 0.4) is 0 Å². The molecule has 0 fully saturated rings. The first kappa shape index (κ1) is 20.0. The van der Waals surface area contributed by atoms with Crippen LogP contribution in [0.5, 0.6) is 0 Å². The number of carbonyl (C=O) groups is 2. The minimum Gasteiger partial charge on any atom is -0.465 e. The Hall–Kier alpha value is -2.70. The zero-order valence-electron chi connectivity index (χ0n) is 15.1. The number of aromatic nitrogens is 1. The third-order valence-corrected chi connectivity index (χ3v) is 4.87. The van der Waals surface area contributed by atoms with Crippen molar-refractivity contribution in [1.82, 2.24) is 4.98 Å². The number of ether oxygens (including phenoxy) is 1. The molecule has 0 saturated carbocycles. The molecule has 1 heterocycles. The molecule has 0 radical (unpaired) electrons. The largest absolute Gasteiger partial charge is 0.465 e. The van der Waals surface area contributed by atoms with Gasteiger partial charge < -0.3 is 9.64 Å². The Kier molecular flexibility index (Phi) is 6.11. The zero-order valence-corrected chi connectivity index (χ0v) is 17.5. The van der Waals surface area contributed by atoms with Crippen molar-refractivity contribution >= 4 is 50.7 Å². The van der Waals surface area contributed by atoms with Gasteiger partial charge in [-0.3, -0.25) is 9.78 Å². The first-order chi connectivity index (χ1) is 13.4. The average molecular weight is 460 g/mol. The van der Waals surface area contributed by atoms with E-state index in [0.29, 0.717) is 20.6 Å². The molecule has 0 atom stereocenters. The molecule has 0 aliphatic heterocycles. The van der Waals surface area contributed by atoms with Gasteiger partial charge in [0.1, 0.15) is 5.69 Å². The average Bonchev–Trinajstić information content (AvgIpc) is 2.72. The molecule has 0 amide bonds. The molecular formula is C21H16BrClN2O3. The summed E-state index contributed by atoms with van der Waals surface area (Å²) in [7, 11) is 3.20. The van der Waals surface area contributed by atoms with Crippen LogP contribution in [0.2, 0.25) is 5.02 Å².